The molecule has 0 aliphatic rings. The molecule has 24 heavy (non-hydrogen) atoms. The Morgan fingerprint density at radius 3 is 2.38 bits per heavy atom. The number of rotatable bonds is 7. The molecule has 6 heteroatoms. The minimum Gasteiger partial charge on any atom is -0.492 e. The predicted octanol–water partition coefficient (Wildman–Crippen LogP) is 2.68. The van der Waals surface area contributed by atoms with Gasteiger partial charge < -0.3 is 14.5 Å². The third-order valence-corrected chi connectivity index (χ3v) is 3.69. The summed E-state index contributed by atoms with van der Waals surface area (Å²) in [6.07, 6.45) is 1.83. The first-order chi connectivity index (χ1) is 11.4. The van der Waals surface area contributed by atoms with Gasteiger partial charge in [-0.15, -0.1) is 0 Å². The van der Waals surface area contributed by atoms with Crippen LogP contribution in [0.1, 0.15) is 30.4 Å². The molecule has 1 aromatic carbocycles. The second kappa shape index (κ2) is 7.97. The normalized spacial score (nSPS) is 11.1. The Morgan fingerprint density at radius 2 is 1.83 bits per heavy atom. The van der Waals surface area contributed by atoms with Crippen LogP contribution in [0.25, 0.3) is 0 Å². The maximum Gasteiger partial charge on any atom is 0.278 e. The molecule has 0 aliphatic carbocycles. The van der Waals surface area contributed by atoms with Gasteiger partial charge in [-0.3, -0.25) is 9.48 Å². The van der Waals surface area contributed by atoms with Crippen molar-refractivity contribution in [3.63, 3.8) is 0 Å². The number of carbonyl (C=O) groups is 1. The molecule has 0 bridgehead atoms. The lowest BCUT2D eigenvalue weighted by atomic mass is 10.2. The summed E-state index contributed by atoms with van der Waals surface area (Å²) in [5.74, 6) is 0.668. The molecule has 0 unspecified atom stereocenters. The monoisotopic (exact) mass is 330 g/mol. The fourth-order valence-corrected chi connectivity index (χ4v) is 2.14. The maximum absolute atomic E-state index is 12.5. The van der Waals surface area contributed by atoms with Crippen molar-refractivity contribution in [3.8, 4) is 5.75 Å². The van der Waals surface area contributed by atoms with E-state index in [1.165, 1.54) is 0 Å². The van der Waals surface area contributed by atoms with Crippen LogP contribution in [-0.2, 0) is 0 Å². The number of nitrogens with zero attached hydrogens (tertiary/aromatic N) is 4. The van der Waals surface area contributed by atoms with Crippen molar-refractivity contribution in [2.45, 2.75) is 19.9 Å². The minimum absolute atomic E-state index is 0.129. The highest BCUT2D eigenvalue weighted by Gasteiger charge is 2.17. The van der Waals surface area contributed by atoms with Gasteiger partial charge in [0, 0.05) is 31.5 Å². The van der Waals surface area contributed by atoms with Gasteiger partial charge in [-0.2, -0.15) is 5.10 Å². The fraction of sp³-hybridized carbons (Fsp3) is 0.444. The number of benzene rings is 1. The number of ether oxygens (including phenoxy) is 1. The Hall–Kier alpha value is -2.34. The summed E-state index contributed by atoms with van der Waals surface area (Å²) in [4.78, 5) is 16.2. The van der Waals surface area contributed by atoms with Gasteiger partial charge >= 0.3 is 0 Å². The summed E-state index contributed by atoms with van der Waals surface area (Å²) in [6, 6.07) is 9.49. The van der Waals surface area contributed by atoms with Gasteiger partial charge in [0.2, 0.25) is 0 Å². The van der Waals surface area contributed by atoms with E-state index < -0.39 is 0 Å². The molecule has 0 saturated heterocycles. The summed E-state index contributed by atoms with van der Waals surface area (Å²) in [6.45, 7) is 5.55. The van der Waals surface area contributed by atoms with Gasteiger partial charge in [-0.25, -0.2) is 0 Å². The molecular formula is C18H26N4O2. The predicted molar refractivity (Wildman–Crippen MR) is 95.8 cm³/mol. The molecule has 2 rings (SSSR count). The molecule has 0 aliphatic heterocycles. The van der Waals surface area contributed by atoms with E-state index in [4.69, 9.17) is 4.74 Å². The molecule has 6 nitrogen and oxygen atoms in total. The lowest BCUT2D eigenvalue weighted by molar-refractivity contribution is 0.0987. The molecule has 130 valence electrons. The second-order valence-corrected chi connectivity index (χ2v) is 6.28. The molecule has 0 fully saturated rings. The van der Waals surface area contributed by atoms with E-state index in [1.807, 2.05) is 58.4 Å². The van der Waals surface area contributed by atoms with Gasteiger partial charge in [0.1, 0.15) is 12.4 Å². The molecule has 1 heterocycles. The van der Waals surface area contributed by atoms with Crippen molar-refractivity contribution in [2.24, 2.45) is 0 Å². The summed E-state index contributed by atoms with van der Waals surface area (Å²) in [5, 5.41) is 4.33. The zero-order valence-corrected chi connectivity index (χ0v) is 15.1. The number of hydrogen-bond donors (Lipinski definition) is 0. The quantitative estimate of drug-likeness (QED) is 0.783. The van der Waals surface area contributed by atoms with Crippen molar-refractivity contribution in [1.29, 1.82) is 0 Å². The third kappa shape index (κ3) is 4.58. The van der Waals surface area contributed by atoms with Crippen molar-refractivity contribution in [3.05, 3.63) is 42.2 Å². The van der Waals surface area contributed by atoms with Crippen molar-refractivity contribution >= 4 is 11.6 Å². The van der Waals surface area contributed by atoms with E-state index in [2.05, 4.69) is 10.00 Å². The smallest absolute Gasteiger partial charge is 0.278 e. The van der Waals surface area contributed by atoms with Crippen LogP contribution in [0.2, 0.25) is 0 Å². The van der Waals surface area contributed by atoms with Crippen LogP contribution in [0.15, 0.2) is 36.5 Å². The number of aromatic nitrogens is 2. The number of hydrogen-bond acceptors (Lipinski definition) is 4. The third-order valence-electron chi connectivity index (χ3n) is 3.69. The minimum atomic E-state index is -0.129. The Bertz CT molecular complexity index is 662. The van der Waals surface area contributed by atoms with Crippen LogP contribution >= 0.6 is 0 Å². The van der Waals surface area contributed by atoms with Gasteiger partial charge in [0.25, 0.3) is 5.91 Å². The molecule has 0 spiro atoms. The van der Waals surface area contributed by atoms with E-state index in [0.717, 1.165) is 18.0 Å². The molecule has 2 aromatic rings. The average Bonchev–Trinajstić information content (AvgIpc) is 3.04. The van der Waals surface area contributed by atoms with Crippen LogP contribution in [0, 0.1) is 0 Å². The molecule has 1 aromatic heterocycles. The number of anilines is 1. The average molecular weight is 330 g/mol. The van der Waals surface area contributed by atoms with Crippen molar-refractivity contribution in [1.82, 2.24) is 14.7 Å². The van der Waals surface area contributed by atoms with Crippen molar-refractivity contribution in [2.75, 3.05) is 39.2 Å². The number of carbonyl (C=O) groups excluding carboxylic acids is 1. The fourth-order valence-electron chi connectivity index (χ4n) is 2.14. The van der Waals surface area contributed by atoms with E-state index in [0.29, 0.717) is 12.3 Å². The maximum atomic E-state index is 12.5. The lowest BCUT2D eigenvalue weighted by Crippen LogP contribution is -2.26. The number of amides is 1. The Labute approximate surface area is 143 Å². The zero-order chi connectivity index (χ0) is 17.7. The highest BCUT2D eigenvalue weighted by molar-refractivity contribution is 6.04. The van der Waals surface area contributed by atoms with Crippen LogP contribution in [0.3, 0.4) is 0 Å². The van der Waals surface area contributed by atoms with E-state index >= 15 is 0 Å². The van der Waals surface area contributed by atoms with Crippen LogP contribution in [0.4, 0.5) is 5.69 Å². The Balaban J connectivity index is 2.00. The van der Waals surface area contributed by atoms with Crippen molar-refractivity contribution < 1.29 is 9.53 Å². The standard InChI is InChI=1S/C18H26N4O2/c1-14(2)22-11-10-17(19-22)18(23)21(5)15-6-8-16(9-7-15)24-13-12-20(3)4/h6-11,14H,12-13H2,1-5H3. The molecule has 0 radical (unpaired) electrons. The zero-order valence-electron chi connectivity index (χ0n) is 15.1. The summed E-state index contributed by atoms with van der Waals surface area (Å²) in [5.41, 5.74) is 1.25. The van der Waals surface area contributed by atoms with Crippen LogP contribution in [-0.4, -0.2) is 54.9 Å². The summed E-state index contributed by atoms with van der Waals surface area (Å²) >= 11 is 0. The van der Waals surface area contributed by atoms with Crippen LogP contribution < -0.4 is 9.64 Å². The number of likely N-dealkylation sites (N-methyl/N-ethyl adjacent to an activating group) is 1. The van der Waals surface area contributed by atoms with Gasteiger partial charge in [0.05, 0.1) is 0 Å². The SMILES string of the molecule is CC(C)n1ccc(C(=O)N(C)c2ccc(OCCN(C)C)cc2)n1. The van der Waals surface area contributed by atoms with Gasteiger partial charge in [-0.1, -0.05) is 0 Å². The first kappa shape index (κ1) is 18.0. The first-order valence-electron chi connectivity index (χ1n) is 8.09. The van der Waals surface area contributed by atoms with E-state index in [9.17, 15) is 4.79 Å². The summed E-state index contributed by atoms with van der Waals surface area (Å²) in [7, 11) is 5.76. The van der Waals surface area contributed by atoms with Gasteiger partial charge in [-0.05, 0) is 58.3 Å². The topological polar surface area (TPSA) is 50.6 Å². The summed E-state index contributed by atoms with van der Waals surface area (Å²) < 4.78 is 7.45. The highest BCUT2D eigenvalue weighted by atomic mass is 16.5. The second-order valence-electron chi connectivity index (χ2n) is 6.28. The molecular weight excluding hydrogens is 304 g/mol. The van der Waals surface area contributed by atoms with E-state index in [1.54, 1.807) is 22.7 Å². The lowest BCUT2D eigenvalue weighted by Gasteiger charge is -2.17. The largest absolute Gasteiger partial charge is 0.492 e. The molecule has 0 N–H and O–H groups in total. The Kier molecular flexibility index (Phi) is 5.98. The first-order valence-corrected chi connectivity index (χ1v) is 8.09. The molecule has 0 atom stereocenters. The van der Waals surface area contributed by atoms with Gasteiger partial charge in [0.15, 0.2) is 5.69 Å². The van der Waals surface area contributed by atoms with Crippen LogP contribution in [0.5, 0.6) is 5.75 Å². The molecule has 0 saturated carbocycles. The highest BCUT2D eigenvalue weighted by Crippen LogP contribution is 2.20. The van der Waals surface area contributed by atoms with E-state index in [-0.39, 0.29) is 11.9 Å². The Morgan fingerprint density at radius 1 is 1.17 bits per heavy atom. The molecule has 1 amide bonds.